The Kier molecular flexibility index (Phi) is 3.82. The second kappa shape index (κ2) is 5.15. The van der Waals surface area contributed by atoms with Gasteiger partial charge in [-0.1, -0.05) is 0 Å². The lowest BCUT2D eigenvalue weighted by Gasteiger charge is -2.34. The zero-order chi connectivity index (χ0) is 11.5. The maximum Gasteiger partial charge on any atom is 0.236 e. The summed E-state index contributed by atoms with van der Waals surface area (Å²) < 4.78 is 0. The predicted octanol–water partition coefficient (Wildman–Crippen LogP) is 0.454. The van der Waals surface area contributed by atoms with Crippen LogP contribution in [0.3, 0.4) is 0 Å². The fourth-order valence-electron chi connectivity index (χ4n) is 2.71. The van der Waals surface area contributed by atoms with E-state index in [0.717, 1.165) is 32.4 Å². The van der Waals surface area contributed by atoms with Gasteiger partial charge < -0.3 is 10.0 Å². The number of hydrogen-bond acceptors (Lipinski definition) is 3. The van der Waals surface area contributed by atoms with Crippen LogP contribution in [0.15, 0.2) is 0 Å². The zero-order valence-corrected chi connectivity index (χ0v) is 10.1. The van der Waals surface area contributed by atoms with Gasteiger partial charge in [-0.25, -0.2) is 0 Å². The third-order valence-electron chi connectivity index (χ3n) is 3.73. The lowest BCUT2D eigenvalue weighted by Crippen LogP contribution is -2.46. The summed E-state index contributed by atoms with van der Waals surface area (Å²) in [6.45, 7) is 5.05. The summed E-state index contributed by atoms with van der Waals surface area (Å²) in [5.41, 5.74) is 0. The monoisotopic (exact) mass is 226 g/mol. The van der Waals surface area contributed by atoms with Crippen molar-refractivity contribution in [3.8, 4) is 0 Å². The number of carbonyl (C=O) groups excluding carboxylic acids is 1. The van der Waals surface area contributed by atoms with Gasteiger partial charge in [-0.2, -0.15) is 0 Å². The quantitative estimate of drug-likeness (QED) is 0.743. The first-order valence-corrected chi connectivity index (χ1v) is 6.36. The van der Waals surface area contributed by atoms with Crippen molar-refractivity contribution in [1.29, 1.82) is 0 Å². The highest BCUT2D eigenvalue weighted by Gasteiger charge is 2.27. The summed E-state index contributed by atoms with van der Waals surface area (Å²) in [5.74, 6) is 0.237. The van der Waals surface area contributed by atoms with Gasteiger partial charge in [0.05, 0.1) is 12.6 Å². The van der Waals surface area contributed by atoms with Gasteiger partial charge in [0.15, 0.2) is 0 Å². The lowest BCUT2D eigenvalue weighted by atomic mass is 10.0. The van der Waals surface area contributed by atoms with Gasteiger partial charge in [0, 0.05) is 25.7 Å². The van der Waals surface area contributed by atoms with Crippen LogP contribution in [0.5, 0.6) is 0 Å². The van der Waals surface area contributed by atoms with Crippen LogP contribution >= 0.6 is 0 Å². The third kappa shape index (κ3) is 2.74. The number of β-amino-alcohol motifs (C(OH)–C–C–N with tert-alkyl or cyclic N) is 1. The second-order valence-corrected chi connectivity index (χ2v) is 5.11. The molecule has 1 amide bonds. The topological polar surface area (TPSA) is 43.8 Å². The SMILES string of the molecule is CC1CCCCN1C(=O)CN1CCC(O)C1. The fourth-order valence-corrected chi connectivity index (χ4v) is 2.71. The largest absolute Gasteiger partial charge is 0.392 e. The molecule has 0 aromatic heterocycles. The number of amides is 1. The molecule has 2 heterocycles. The number of aliphatic hydroxyl groups excluding tert-OH is 1. The molecule has 2 aliphatic heterocycles. The van der Waals surface area contributed by atoms with Crippen molar-refractivity contribution < 1.29 is 9.90 Å². The minimum atomic E-state index is -0.230. The summed E-state index contributed by atoms with van der Waals surface area (Å²) in [6.07, 6.45) is 4.09. The average Bonchev–Trinajstić information content (AvgIpc) is 2.64. The van der Waals surface area contributed by atoms with Gasteiger partial charge in [-0.05, 0) is 32.6 Å². The number of rotatable bonds is 2. The van der Waals surface area contributed by atoms with E-state index in [9.17, 15) is 9.90 Å². The molecule has 0 spiro atoms. The molecule has 2 unspecified atom stereocenters. The molecule has 0 aromatic carbocycles. The molecule has 2 fully saturated rings. The number of aliphatic hydroxyl groups is 1. The minimum absolute atomic E-state index is 0.230. The van der Waals surface area contributed by atoms with Gasteiger partial charge in [0.2, 0.25) is 5.91 Å². The van der Waals surface area contributed by atoms with E-state index in [1.165, 1.54) is 6.42 Å². The van der Waals surface area contributed by atoms with Crippen molar-refractivity contribution in [2.45, 2.75) is 44.8 Å². The van der Waals surface area contributed by atoms with Crippen molar-refractivity contribution in [3.05, 3.63) is 0 Å². The maximum absolute atomic E-state index is 12.1. The molecule has 2 rings (SSSR count). The molecular formula is C12H22N2O2. The van der Waals surface area contributed by atoms with E-state index in [1.807, 2.05) is 4.90 Å². The van der Waals surface area contributed by atoms with Crippen molar-refractivity contribution in [2.24, 2.45) is 0 Å². The first-order valence-electron chi connectivity index (χ1n) is 6.36. The van der Waals surface area contributed by atoms with Crippen LogP contribution in [0.25, 0.3) is 0 Å². The van der Waals surface area contributed by atoms with Crippen molar-refractivity contribution in [1.82, 2.24) is 9.80 Å². The number of carbonyl (C=O) groups is 1. The molecule has 2 aliphatic rings. The summed E-state index contributed by atoms with van der Waals surface area (Å²) in [5, 5.41) is 9.41. The normalized spacial score (nSPS) is 32.0. The van der Waals surface area contributed by atoms with E-state index in [1.54, 1.807) is 0 Å². The van der Waals surface area contributed by atoms with Crippen LogP contribution in [0, 0.1) is 0 Å². The molecule has 4 nitrogen and oxygen atoms in total. The molecule has 2 atom stereocenters. The highest BCUT2D eigenvalue weighted by atomic mass is 16.3. The van der Waals surface area contributed by atoms with Crippen LogP contribution in [-0.4, -0.2) is 59.1 Å². The molecule has 1 N–H and O–H groups in total. The summed E-state index contributed by atoms with van der Waals surface area (Å²) >= 11 is 0. The summed E-state index contributed by atoms with van der Waals surface area (Å²) in [6, 6.07) is 0.397. The van der Waals surface area contributed by atoms with E-state index < -0.39 is 0 Å². The molecule has 4 heteroatoms. The zero-order valence-electron chi connectivity index (χ0n) is 10.1. The fraction of sp³-hybridized carbons (Fsp3) is 0.917. The molecule has 0 radical (unpaired) electrons. The molecule has 16 heavy (non-hydrogen) atoms. The Bertz CT molecular complexity index is 257. The Morgan fingerprint density at radius 1 is 1.31 bits per heavy atom. The number of nitrogens with zero attached hydrogens (tertiary/aromatic N) is 2. The van der Waals surface area contributed by atoms with Crippen molar-refractivity contribution in [2.75, 3.05) is 26.2 Å². The molecule has 0 bridgehead atoms. The number of likely N-dealkylation sites (tertiary alicyclic amines) is 2. The highest BCUT2D eigenvalue weighted by Crippen LogP contribution is 2.17. The van der Waals surface area contributed by atoms with Crippen LogP contribution < -0.4 is 0 Å². The Morgan fingerprint density at radius 2 is 2.12 bits per heavy atom. The van der Waals surface area contributed by atoms with Crippen LogP contribution in [0.2, 0.25) is 0 Å². The maximum atomic E-state index is 12.1. The number of piperidine rings is 1. The van der Waals surface area contributed by atoms with E-state index >= 15 is 0 Å². The number of hydrogen-bond donors (Lipinski definition) is 1. The van der Waals surface area contributed by atoms with Gasteiger partial charge >= 0.3 is 0 Å². The van der Waals surface area contributed by atoms with Gasteiger partial charge in [0.1, 0.15) is 0 Å². The Labute approximate surface area is 97.2 Å². The van der Waals surface area contributed by atoms with E-state index in [2.05, 4.69) is 11.8 Å². The Balaban J connectivity index is 1.82. The summed E-state index contributed by atoms with van der Waals surface area (Å²) in [4.78, 5) is 16.1. The predicted molar refractivity (Wildman–Crippen MR) is 62.1 cm³/mol. The van der Waals surface area contributed by atoms with Crippen molar-refractivity contribution >= 4 is 5.91 Å². The standard InChI is InChI=1S/C12H22N2O2/c1-10-4-2-3-6-14(10)12(16)9-13-7-5-11(15)8-13/h10-11,15H,2-9H2,1H3. The molecule has 0 saturated carbocycles. The van der Waals surface area contributed by atoms with Gasteiger partial charge in [-0.3, -0.25) is 9.69 Å². The molecule has 0 aliphatic carbocycles. The molecule has 92 valence electrons. The molecular weight excluding hydrogens is 204 g/mol. The van der Waals surface area contributed by atoms with Crippen LogP contribution in [0.1, 0.15) is 32.6 Å². The van der Waals surface area contributed by atoms with Gasteiger partial charge in [0.25, 0.3) is 0 Å². The highest BCUT2D eigenvalue weighted by molar-refractivity contribution is 5.78. The third-order valence-corrected chi connectivity index (χ3v) is 3.73. The average molecular weight is 226 g/mol. The van der Waals surface area contributed by atoms with Gasteiger partial charge in [-0.15, -0.1) is 0 Å². The smallest absolute Gasteiger partial charge is 0.236 e. The van der Waals surface area contributed by atoms with E-state index in [4.69, 9.17) is 0 Å². The lowest BCUT2D eigenvalue weighted by molar-refractivity contribution is -0.135. The first kappa shape index (κ1) is 11.9. The first-order chi connectivity index (χ1) is 7.66. The van der Waals surface area contributed by atoms with E-state index in [0.29, 0.717) is 19.1 Å². The molecule has 2 saturated heterocycles. The van der Waals surface area contributed by atoms with Crippen LogP contribution in [0.4, 0.5) is 0 Å². The van der Waals surface area contributed by atoms with Crippen molar-refractivity contribution in [3.63, 3.8) is 0 Å². The minimum Gasteiger partial charge on any atom is -0.392 e. The summed E-state index contributed by atoms with van der Waals surface area (Å²) in [7, 11) is 0. The van der Waals surface area contributed by atoms with Crippen LogP contribution in [-0.2, 0) is 4.79 Å². The molecule has 0 aromatic rings. The Morgan fingerprint density at radius 3 is 2.75 bits per heavy atom. The van der Waals surface area contributed by atoms with E-state index in [-0.39, 0.29) is 12.0 Å². The second-order valence-electron chi connectivity index (χ2n) is 5.11. The Hall–Kier alpha value is -0.610.